The zero-order valence-corrected chi connectivity index (χ0v) is 11.6. The number of pyridine rings is 1. The van der Waals surface area contributed by atoms with Crippen molar-refractivity contribution in [2.45, 2.75) is 0 Å². The Hall–Kier alpha value is -2.43. The Kier molecular flexibility index (Phi) is 3.81. The first kappa shape index (κ1) is 13.5. The molecule has 1 fully saturated rings. The van der Waals surface area contributed by atoms with Crippen LogP contribution in [-0.2, 0) is 0 Å². The molecule has 1 aliphatic heterocycles. The van der Waals surface area contributed by atoms with Crippen molar-refractivity contribution >= 4 is 17.8 Å². The normalized spacial score (nSPS) is 15.1. The van der Waals surface area contributed by atoms with Crippen molar-refractivity contribution in [3.05, 3.63) is 54.0 Å². The molecule has 1 saturated heterocycles. The quantitative estimate of drug-likeness (QED) is 0.811. The monoisotopic (exact) mass is 285 g/mol. The predicted molar refractivity (Wildman–Crippen MR) is 80.5 cm³/mol. The fourth-order valence-corrected chi connectivity index (χ4v) is 2.66. The molecule has 0 bridgehead atoms. The van der Waals surface area contributed by atoms with E-state index in [1.165, 1.54) is 6.07 Å². The Morgan fingerprint density at radius 1 is 1.00 bits per heavy atom. The van der Waals surface area contributed by atoms with Gasteiger partial charge in [-0.1, -0.05) is 12.1 Å². The van der Waals surface area contributed by atoms with Crippen LogP contribution in [0.4, 0.5) is 15.9 Å². The van der Waals surface area contributed by atoms with E-state index < -0.39 is 0 Å². The SMILES string of the molecule is O=Cc1cccc(F)c1N1CCN(c2ccccn2)CC1. The smallest absolute Gasteiger partial charge is 0.152 e. The molecule has 5 heteroatoms. The van der Waals surface area contributed by atoms with Crippen LogP contribution in [0.2, 0.25) is 0 Å². The summed E-state index contributed by atoms with van der Waals surface area (Å²) < 4.78 is 14.0. The first-order chi connectivity index (χ1) is 10.3. The summed E-state index contributed by atoms with van der Waals surface area (Å²) in [6, 6.07) is 10.4. The molecule has 21 heavy (non-hydrogen) atoms. The van der Waals surface area contributed by atoms with Gasteiger partial charge >= 0.3 is 0 Å². The minimum absolute atomic E-state index is 0.342. The van der Waals surface area contributed by atoms with Gasteiger partial charge in [0.15, 0.2) is 6.29 Å². The molecule has 4 nitrogen and oxygen atoms in total. The van der Waals surface area contributed by atoms with Gasteiger partial charge in [-0.25, -0.2) is 9.37 Å². The van der Waals surface area contributed by atoms with Crippen LogP contribution < -0.4 is 9.80 Å². The molecule has 0 saturated carbocycles. The molecule has 0 spiro atoms. The number of anilines is 2. The van der Waals surface area contributed by atoms with Crippen LogP contribution in [0.1, 0.15) is 10.4 Å². The van der Waals surface area contributed by atoms with Gasteiger partial charge in [0.25, 0.3) is 0 Å². The lowest BCUT2D eigenvalue weighted by atomic mass is 10.1. The van der Waals surface area contributed by atoms with Gasteiger partial charge in [-0.2, -0.15) is 0 Å². The van der Waals surface area contributed by atoms with E-state index in [0.717, 1.165) is 18.9 Å². The van der Waals surface area contributed by atoms with Crippen molar-refractivity contribution in [2.75, 3.05) is 36.0 Å². The summed E-state index contributed by atoms with van der Waals surface area (Å²) >= 11 is 0. The van der Waals surface area contributed by atoms with Crippen molar-refractivity contribution in [1.29, 1.82) is 0 Å². The fourth-order valence-electron chi connectivity index (χ4n) is 2.66. The highest BCUT2D eigenvalue weighted by Crippen LogP contribution is 2.25. The number of aldehydes is 1. The molecule has 2 aromatic rings. The second-order valence-electron chi connectivity index (χ2n) is 4.96. The van der Waals surface area contributed by atoms with Gasteiger partial charge in [-0.15, -0.1) is 0 Å². The third-order valence-corrected chi connectivity index (χ3v) is 3.71. The third-order valence-electron chi connectivity index (χ3n) is 3.71. The van der Waals surface area contributed by atoms with Crippen molar-refractivity contribution in [3.63, 3.8) is 0 Å². The molecule has 0 unspecified atom stereocenters. The van der Waals surface area contributed by atoms with Crippen LogP contribution in [-0.4, -0.2) is 37.4 Å². The summed E-state index contributed by atoms with van der Waals surface area (Å²) in [7, 11) is 0. The maximum Gasteiger partial charge on any atom is 0.152 e. The van der Waals surface area contributed by atoms with Gasteiger partial charge in [-0.05, 0) is 24.3 Å². The third kappa shape index (κ3) is 2.72. The molecule has 1 aromatic heterocycles. The molecule has 3 rings (SSSR count). The van der Waals surface area contributed by atoms with Crippen LogP contribution in [0.25, 0.3) is 0 Å². The Labute approximate surface area is 122 Å². The molecule has 0 radical (unpaired) electrons. The number of rotatable bonds is 3. The highest BCUT2D eigenvalue weighted by atomic mass is 19.1. The van der Waals surface area contributed by atoms with Gasteiger partial charge < -0.3 is 9.80 Å². The number of nitrogens with zero attached hydrogens (tertiary/aromatic N) is 3. The Morgan fingerprint density at radius 3 is 2.43 bits per heavy atom. The summed E-state index contributed by atoms with van der Waals surface area (Å²) in [5.74, 6) is 0.590. The number of para-hydroxylation sites is 1. The first-order valence-electron chi connectivity index (χ1n) is 6.94. The average Bonchev–Trinajstić information content (AvgIpc) is 2.55. The second-order valence-corrected chi connectivity index (χ2v) is 4.96. The summed E-state index contributed by atoms with van der Waals surface area (Å²) in [5.41, 5.74) is 0.814. The van der Waals surface area contributed by atoms with Crippen molar-refractivity contribution < 1.29 is 9.18 Å². The number of aromatic nitrogens is 1. The van der Waals surface area contributed by atoms with Crippen LogP contribution in [0.15, 0.2) is 42.6 Å². The molecule has 0 atom stereocenters. The van der Waals surface area contributed by atoms with Gasteiger partial charge in [0.2, 0.25) is 0 Å². The average molecular weight is 285 g/mol. The second kappa shape index (κ2) is 5.91. The number of carbonyl (C=O) groups is 1. The zero-order chi connectivity index (χ0) is 14.7. The number of hydrogen-bond donors (Lipinski definition) is 0. The Morgan fingerprint density at radius 2 is 1.76 bits per heavy atom. The number of carbonyl (C=O) groups excluding carboxylic acids is 1. The number of piperazine rings is 1. The molecule has 0 N–H and O–H groups in total. The van der Waals surface area contributed by atoms with Gasteiger partial charge in [0, 0.05) is 37.9 Å². The number of halogens is 1. The maximum absolute atomic E-state index is 14.0. The molecule has 2 heterocycles. The van der Waals surface area contributed by atoms with Gasteiger partial charge in [0.1, 0.15) is 11.6 Å². The highest BCUT2D eigenvalue weighted by Gasteiger charge is 2.22. The minimum atomic E-state index is -0.342. The molecule has 0 amide bonds. The summed E-state index contributed by atoms with van der Waals surface area (Å²) in [4.78, 5) is 19.5. The van der Waals surface area contributed by atoms with Crippen LogP contribution in [0.3, 0.4) is 0 Å². The minimum Gasteiger partial charge on any atom is -0.365 e. The van der Waals surface area contributed by atoms with E-state index in [1.807, 2.05) is 23.1 Å². The van der Waals surface area contributed by atoms with E-state index in [1.54, 1.807) is 18.3 Å². The van der Waals surface area contributed by atoms with Crippen LogP contribution in [0, 0.1) is 5.82 Å². The van der Waals surface area contributed by atoms with Crippen molar-refractivity contribution in [2.24, 2.45) is 0 Å². The highest BCUT2D eigenvalue weighted by molar-refractivity contribution is 5.85. The van der Waals surface area contributed by atoms with E-state index in [9.17, 15) is 9.18 Å². The summed E-state index contributed by atoms with van der Waals surface area (Å²) in [6.07, 6.45) is 2.48. The zero-order valence-electron chi connectivity index (χ0n) is 11.6. The summed E-state index contributed by atoms with van der Waals surface area (Å²) in [6.45, 7) is 2.84. The Bertz CT molecular complexity index is 625. The van der Waals surface area contributed by atoms with E-state index in [-0.39, 0.29) is 5.82 Å². The molecular formula is C16H16FN3O. The fraction of sp³-hybridized carbons (Fsp3) is 0.250. The molecule has 1 aromatic carbocycles. The standard InChI is InChI=1S/C16H16FN3O/c17-14-5-3-4-13(12-21)16(14)20-10-8-19(9-11-20)15-6-1-2-7-18-15/h1-7,12H,8-11H2. The van der Waals surface area contributed by atoms with Crippen LogP contribution in [0.5, 0.6) is 0 Å². The van der Waals surface area contributed by atoms with Crippen molar-refractivity contribution in [1.82, 2.24) is 4.98 Å². The summed E-state index contributed by atoms with van der Waals surface area (Å²) in [5, 5.41) is 0. The maximum atomic E-state index is 14.0. The van der Waals surface area contributed by atoms with Crippen LogP contribution >= 0.6 is 0 Å². The van der Waals surface area contributed by atoms with E-state index in [0.29, 0.717) is 30.6 Å². The van der Waals surface area contributed by atoms with Gasteiger partial charge in [0.05, 0.1) is 5.69 Å². The number of hydrogen-bond acceptors (Lipinski definition) is 4. The molecule has 108 valence electrons. The molecular weight excluding hydrogens is 269 g/mol. The van der Waals surface area contributed by atoms with E-state index in [2.05, 4.69) is 9.88 Å². The molecule has 1 aliphatic rings. The Balaban J connectivity index is 1.76. The first-order valence-corrected chi connectivity index (χ1v) is 6.94. The van der Waals surface area contributed by atoms with E-state index in [4.69, 9.17) is 0 Å². The lowest BCUT2D eigenvalue weighted by Crippen LogP contribution is -2.47. The van der Waals surface area contributed by atoms with Crippen molar-refractivity contribution in [3.8, 4) is 0 Å². The number of benzene rings is 1. The predicted octanol–water partition coefficient (Wildman–Crippen LogP) is 2.36. The van der Waals surface area contributed by atoms with E-state index >= 15 is 0 Å². The topological polar surface area (TPSA) is 36.4 Å². The molecule has 0 aliphatic carbocycles. The largest absolute Gasteiger partial charge is 0.365 e. The van der Waals surface area contributed by atoms with Gasteiger partial charge in [-0.3, -0.25) is 4.79 Å². The lowest BCUT2D eigenvalue weighted by Gasteiger charge is -2.37. The lowest BCUT2D eigenvalue weighted by molar-refractivity contribution is 0.112.